The van der Waals surface area contributed by atoms with Crippen LogP contribution in [0.3, 0.4) is 0 Å². The maximum absolute atomic E-state index is 2.41. The van der Waals surface area contributed by atoms with Gasteiger partial charge in [0.05, 0.1) is 0 Å². The second kappa shape index (κ2) is 12.9. The SMILES string of the molecule is CC1(C)c2cccc(-c3ccc(-c4c5ccccc5c(-c5ccccc5-c5cccc6ccccc56)c5ccccc45)cc3)c2-c2c1c1ccccc1c1ccccc21. The predicted molar refractivity (Wildman–Crippen MR) is 253 cm³/mol. The summed E-state index contributed by atoms with van der Waals surface area (Å²) >= 11 is 0. The molecule has 0 heterocycles. The van der Waals surface area contributed by atoms with Gasteiger partial charge in [-0.25, -0.2) is 0 Å². The van der Waals surface area contributed by atoms with Crippen LogP contribution in [0, 0.1) is 0 Å². The minimum Gasteiger partial charge on any atom is -0.0616 e. The summed E-state index contributed by atoms with van der Waals surface area (Å²) in [5, 5.41) is 12.9. The topological polar surface area (TPSA) is 0 Å². The first-order chi connectivity index (χ1) is 29.1. The minimum atomic E-state index is -0.143. The Morgan fingerprint density at radius 1 is 0.254 bits per heavy atom. The molecule has 1 aliphatic carbocycles. The van der Waals surface area contributed by atoms with Crippen LogP contribution in [-0.4, -0.2) is 0 Å². The maximum Gasteiger partial charge on any atom is 0.0165 e. The molecule has 11 aromatic rings. The molecule has 59 heavy (non-hydrogen) atoms. The van der Waals surface area contributed by atoms with Crippen molar-refractivity contribution < 1.29 is 0 Å². The van der Waals surface area contributed by atoms with E-state index < -0.39 is 0 Å². The lowest BCUT2D eigenvalue weighted by molar-refractivity contribution is 0.666. The smallest absolute Gasteiger partial charge is 0.0165 e. The summed E-state index contributed by atoms with van der Waals surface area (Å²) in [6.45, 7) is 4.82. The van der Waals surface area contributed by atoms with Crippen LogP contribution in [0.15, 0.2) is 206 Å². The van der Waals surface area contributed by atoms with Crippen molar-refractivity contribution in [1.29, 1.82) is 0 Å². The molecule has 0 saturated heterocycles. The molecule has 0 saturated carbocycles. The summed E-state index contributed by atoms with van der Waals surface area (Å²) in [5.41, 5.74) is 15.5. The van der Waals surface area contributed by atoms with Crippen LogP contribution in [0.4, 0.5) is 0 Å². The first kappa shape index (κ1) is 33.8. The number of hydrogen-bond donors (Lipinski definition) is 0. The summed E-state index contributed by atoms with van der Waals surface area (Å²) < 4.78 is 0. The van der Waals surface area contributed by atoms with Gasteiger partial charge in [-0.3, -0.25) is 0 Å². The highest BCUT2D eigenvalue weighted by molar-refractivity contribution is 6.23. The Morgan fingerprint density at radius 2 is 0.678 bits per heavy atom. The van der Waals surface area contributed by atoms with Gasteiger partial charge in [-0.15, -0.1) is 0 Å². The first-order valence-electron chi connectivity index (χ1n) is 20.8. The van der Waals surface area contributed by atoms with Gasteiger partial charge in [0.1, 0.15) is 0 Å². The average Bonchev–Trinajstić information content (AvgIpc) is 3.55. The van der Waals surface area contributed by atoms with E-state index in [1.807, 2.05) is 0 Å². The van der Waals surface area contributed by atoms with Crippen molar-refractivity contribution in [3.63, 3.8) is 0 Å². The van der Waals surface area contributed by atoms with Gasteiger partial charge in [0.25, 0.3) is 0 Å². The minimum absolute atomic E-state index is 0.143. The van der Waals surface area contributed by atoms with E-state index in [0.717, 1.165) is 0 Å². The summed E-state index contributed by atoms with van der Waals surface area (Å²) in [7, 11) is 0. The van der Waals surface area contributed by atoms with Crippen LogP contribution in [0.2, 0.25) is 0 Å². The number of benzene rings is 11. The van der Waals surface area contributed by atoms with E-state index in [1.165, 1.54) is 121 Å². The Balaban J connectivity index is 1.06. The fraction of sp³-hybridized carbons (Fsp3) is 0.0508. The molecule has 0 radical (unpaired) electrons. The third-order valence-electron chi connectivity index (χ3n) is 13.2. The molecule has 12 rings (SSSR count). The van der Waals surface area contributed by atoms with Crippen LogP contribution in [0.25, 0.3) is 109 Å². The molecule has 0 aliphatic heterocycles. The molecule has 0 N–H and O–H groups in total. The molecule has 0 amide bonds. The van der Waals surface area contributed by atoms with Crippen molar-refractivity contribution in [2.45, 2.75) is 19.3 Å². The van der Waals surface area contributed by atoms with E-state index in [9.17, 15) is 0 Å². The van der Waals surface area contributed by atoms with Gasteiger partial charge in [0.2, 0.25) is 0 Å². The van der Waals surface area contributed by atoms with E-state index in [1.54, 1.807) is 0 Å². The molecule has 0 atom stereocenters. The average molecular weight is 749 g/mol. The maximum atomic E-state index is 2.41. The van der Waals surface area contributed by atoms with E-state index >= 15 is 0 Å². The van der Waals surface area contributed by atoms with Crippen LogP contribution in [0.5, 0.6) is 0 Å². The third kappa shape index (κ3) is 4.90. The highest BCUT2D eigenvalue weighted by Gasteiger charge is 2.39. The van der Waals surface area contributed by atoms with Crippen molar-refractivity contribution in [2.24, 2.45) is 0 Å². The molecule has 0 unspecified atom stereocenters. The molecule has 11 aromatic carbocycles. The normalized spacial score (nSPS) is 13.1. The van der Waals surface area contributed by atoms with Gasteiger partial charge in [0, 0.05) is 5.41 Å². The van der Waals surface area contributed by atoms with Crippen molar-refractivity contribution in [1.82, 2.24) is 0 Å². The van der Waals surface area contributed by atoms with Gasteiger partial charge in [0.15, 0.2) is 0 Å². The molecule has 0 bridgehead atoms. The highest BCUT2D eigenvalue weighted by Crippen LogP contribution is 2.57. The summed E-state index contributed by atoms with van der Waals surface area (Å²) in [6.07, 6.45) is 0. The summed E-state index contributed by atoms with van der Waals surface area (Å²) in [6, 6.07) is 76.7. The van der Waals surface area contributed by atoms with E-state index in [4.69, 9.17) is 0 Å². The zero-order chi connectivity index (χ0) is 39.2. The molecular formula is C59H40. The highest BCUT2D eigenvalue weighted by atomic mass is 14.4. The fourth-order valence-corrected chi connectivity index (χ4v) is 10.7. The third-order valence-corrected chi connectivity index (χ3v) is 13.2. The zero-order valence-electron chi connectivity index (χ0n) is 33.1. The van der Waals surface area contributed by atoms with Crippen molar-refractivity contribution in [2.75, 3.05) is 0 Å². The van der Waals surface area contributed by atoms with Gasteiger partial charge in [-0.2, -0.15) is 0 Å². The molecule has 0 nitrogen and oxygen atoms in total. The number of fused-ring (bicyclic) bond motifs is 11. The lowest BCUT2D eigenvalue weighted by Gasteiger charge is -2.24. The standard InChI is InChI=1S/C59H40/c1-59(2)53-32-16-30-41(56(53)57-47-24-9-6-21-44(47)45-22-7-14-29-52(45)58(57)59)38-33-35-39(36-34-38)54-48-25-10-12-27-50(48)55(51-28-13-11-26-49(51)54)46-23-8-5-20-43(46)42-31-15-18-37-17-3-4-19-40(37)42/h3-36H,1-2H3. The Hall–Kier alpha value is -7.28. The largest absolute Gasteiger partial charge is 0.0616 e. The zero-order valence-corrected chi connectivity index (χ0v) is 33.1. The predicted octanol–water partition coefficient (Wildman–Crippen LogP) is 16.4. The molecule has 0 heteroatoms. The second-order valence-electron chi connectivity index (χ2n) is 16.7. The van der Waals surface area contributed by atoms with Crippen molar-refractivity contribution in [3.05, 3.63) is 217 Å². The molecular weight excluding hydrogens is 709 g/mol. The molecule has 276 valence electrons. The van der Waals surface area contributed by atoms with E-state index in [2.05, 4.69) is 220 Å². The van der Waals surface area contributed by atoms with Crippen LogP contribution in [-0.2, 0) is 5.41 Å². The second-order valence-corrected chi connectivity index (χ2v) is 16.7. The van der Waals surface area contributed by atoms with Gasteiger partial charge < -0.3 is 0 Å². The Kier molecular flexibility index (Phi) is 7.38. The van der Waals surface area contributed by atoms with E-state index in [0.29, 0.717) is 0 Å². The summed E-state index contributed by atoms with van der Waals surface area (Å²) in [4.78, 5) is 0. The van der Waals surface area contributed by atoms with Gasteiger partial charge in [-0.05, 0) is 121 Å². The van der Waals surface area contributed by atoms with Gasteiger partial charge >= 0.3 is 0 Å². The quantitative estimate of drug-likeness (QED) is 0.124. The van der Waals surface area contributed by atoms with Crippen molar-refractivity contribution >= 4 is 53.9 Å². The van der Waals surface area contributed by atoms with Gasteiger partial charge in [-0.1, -0.05) is 220 Å². The van der Waals surface area contributed by atoms with E-state index in [-0.39, 0.29) is 5.41 Å². The number of hydrogen-bond acceptors (Lipinski definition) is 0. The molecule has 1 aliphatic rings. The monoisotopic (exact) mass is 748 g/mol. The molecule has 0 spiro atoms. The summed E-state index contributed by atoms with van der Waals surface area (Å²) in [5.74, 6) is 0. The van der Waals surface area contributed by atoms with Crippen molar-refractivity contribution in [3.8, 4) is 55.6 Å². The lowest BCUT2D eigenvalue weighted by Crippen LogP contribution is -2.15. The van der Waals surface area contributed by atoms with Crippen LogP contribution < -0.4 is 0 Å². The first-order valence-corrected chi connectivity index (χ1v) is 20.8. The Labute approximate surface area is 344 Å². The molecule has 0 fully saturated rings. The number of rotatable bonds is 4. The Morgan fingerprint density at radius 3 is 1.34 bits per heavy atom. The van der Waals surface area contributed by atoms with Crippen LogP contribution >= 0.6 is 0 Å². The Bertz CT molecular complexity index is 3450. The van der Waals surface area contributed by atoms with Crippen LogP contribution in [0.1, 0.15) is 25.0 Å². The fourth-order valence-electron chi connectivity index (χ4n) is 10.7. The molecule has 0 aromatic heterocycles. The lowest BCUT2D eigenvalue weighted by atomic mass is 9.79.